The fourth-order valence-electron chi connectivity index (χ4n) is 2.72. The van der Waals surface area contributed by atoms with Gasteiger partial charge >= 0.3 is 11.9 Å². The highest BCUT2D eigenvalue weighted by atomic mass is 35.5. The highest BCUT2D eigenvalue weighted by Crippen LogP contribution is 2.30. The maximum Gasteiger partial charge on any atom is 0.343 e. The molecule has 3 aromatic rings. The smallest absolute Gasteiger partial charge is 0.343 e. The average molecular weight is 369 g/mol. The van der Waals surface area contributed by atoms with Crippen LogP contribution in [0.5, 0.6) is 11.5 Å². The molecule has 3 aromatic carbocycles. The van der Waals surface area contributed by atoms with Crippen LogP contribution in [-0.2, 0) is 4.79 Å². The minimum absolute atomic E-state index is 0.167. The minimum atomic E-state index is -0.532. The van der Waals surface area contributed by atoms with Crippen LogP contribution in [0.1, 0.15) is 28.4 Å². The van der Waals surface area contributed by atoms with Gasteiger partial charge in [0.2, 0.25) is 0 Å². The number of esters is 2. The minimum Gasteiger partial charge on any atom is -0.425 e. The molecule has 0 spiro atoms. The van der Waals surface area contributed by atoms with Gasteiger partial charge in [-0.05, 0) is 54.4 Å². The molecular weight excluding hydrogens is 352 g/mol. The Hall–Kier alpha value is -2.85. The van der Waals surface area contributed by atoms with E-state index in [0.717, 1.165) is 16.3 Å². The second kappa shape index (κ2) is 7.18. The van der Waals surface area contributed by atoms with E-state index in [1.165, 1.54) is 30.7 Å². The van der Waals surface area contributed by atoms with Crippen LogP contribution in [0.25, 0.3) is 10.8 Å². The Morgan fingerprint density at radius 3 is 2.31 bits per heavy atom. The van der Waals surface area contributed by atoms with Crippen LogP contribution >= 0.6 is 11.6 Å². The molecule has 0 N–H and O–H groups in total. The number of halogens is 1. The van der Waals surface area contributed by atoms with E-state index < -0.39 is 11.9 Å². The van der Waals surface area contributed by atoms with E-state index in [9.17, 15) is 9.59 Å². The lowest BCUT2D eigenvalue weighted by Gasteiger charge is -2.11. The Labute approximate surface area is 156 Å². The highest BCUT2D eigenvalue weighted by molar-refractivity contribution is 6.32. The van der Waals surface area contributed by atoms with Crippen molar-refractivity contribution < 1.29 is 19.1 Å². The maximum absolute atomic E-state index is 12.5. The van der Waals surface area contributed by atoms with Crippen molar-refractivity contribution in [3.8, 4) is 11.5 Å². The normalized spacial score (nSPS) is 10.6. The summed E-state index contributed by atoms with van der Waals surface area (Å²) in [6.07, 6.45) is 0. The van der Waals surface area contributed by atoms with Gasteiger partial charge in [0.15, 0.2) is 0 Å². The zero-order valence-corrected chi connectivity index (χ0v) is 15.4. The number of rotatable bonds is 3. The summed E-state index contributed by atoms with van der Waals surface area (Å²) in [5, 5.41) is 2.29. The van der Waals surface area contributed by atoms with Crippen molar-refractivity contribution in [2.24, 2.45) is 0 Å². The molecule has 0 fully saturated rings. The first-order chi connectivity index (χ1) is 12.3. The Morgan fingerprint density at radius 2 is 1.62 bits per heavy atom. The molecule has 0 radical (unpaired) electrons. The zero-order chi connectivity index (χ0) is 18.8. The van der Waals surface area contributed by atoms with E-state index in [4.69, 9.17) is 21.1 Å². The molecule has 0 amide bonds. The van der Waals surface area contributed by atoms with Gasteiger partial charge in [0.1, 0.15) is 11.5 Å². The number of carbonyl (C=O) groups is 2. The quantitative estimate of drug-likeness (QED) is 0.467. The predicted octanol–water partition coefficient (Wildman–Crippen LogP) is 5.25. The summed E-state index contributed by atoms with van der Waals surface area (Å²) in [4.78, 5) is 23.5. The van der Waals surface area contributed by atoms with Crippen LogP contribution in [0.3, 0.4) is 0 Å². The van der Waals surface area contributed by atoms with Crippen molar-refractivity contribution in [3.05, 3.63) is 70.2 Å². The van der Waals surface area contributed by atoms with E-state index in [2.05, 4.69) is 6.07 Å². The number of ether oxygens (including phenoxy) is 2. The molecule has 0 unspecified atom stereocenters. The summed E-state index contributed by atoms with van der Waals surface area (Å²) < 4.78 is 10.5. The number of hydrogen-bond donors (Lipinski definition) is 0. The van der Waals surface area contributed by atoms with Crippen LogP contribution in [-0.4, -0.2) is 11.9 Å². The fourth-order valence-corrected chi connectivity index (χ4v) is 2.94. The van der Waals surface area contributed by atoms with Crippen LogP contribution < -0.4 is 9.47 Å². The number of carbonyl (C=O) groups excluding carboxylic acids is 2. The standard InChI is InChI=1S/C21H17ClO4/c1-12-4-7-17-13(2)19(8-5-15(17)10-12)26-21(24)16-6-9-20(18(22)11-16)25-14(3)23/h4-11H,1-3H3. The molecule has 4 nitrogen and oxygen atoms in total. The van der Waals surface area contributed by atoms with Crippen molar-refractivity contribution in [3.63, 3.8) is 0 Å². The SMILES string of the molecule is CC(=O)Oc1ccc(C(=O)Oc2ccc3cc(C)ccc3c2C)cc1Cl. The zero-order valence-electron chi connectivity index (χ0n) is 14.6. The second-order valence-corrected chi connectivity index (χ2v) is 6.45. The summed E-state index contributed by atoms with van der Waals surface area (Å²) in [6.45, 7) is 5.23. The molecular formula is C21H17ClO4. The van der Waals surface area contributed by atoms with Gasteiger partial charge in [0.25, 0.3) is 0 Å². The van der Waals surface area contributed by atoms with Crippen molar-refractivity contribution in [2.45, 2.75) is 20.8 Å². The molecule has 0 aromatic heterocycles. The van der Waals surface area contributed by atoms with E-state index >= 15 is 0 Å². The molecule has 0 heterocycles. The number of hydrogen-bond acceptors (Lipinski definition) is 4. The predicted molar refractivity (Wildman–Crippen MR) is 101 cm³/mol. The molecule has 132 valence electrons. The number of fused-ring (bicyclic) bond motifs is 1. The first kappa shape index (κ1) is 18.0. The summed E-state index contributed by atoms with van der Waals surface area (Å²) in [6, 6.07) is 14.2. The fraction of sp³-hybridized carbons (Fsp3) is 0.143. The van der Waals surface area contributed by atoms with E-state index in [0.29, 0.717) is 5.75 Å². The topological polar surface area (TPSA) is 52.6 Å². The molecule has 0 bridgehead atoms. The lowest BCUT2D eigenvalue weighted by atomic mass is 10.0. The van der Waals surface area contributed by atoms with E-state index in [-0.39, 0.29) is 16.3 Å². The van der Waals surface area contributed by atoms with Gasteiger partial charge in [-0.3, -0.25) is 4.79 Å². The molecule has 0 saturated heterocycles. The molecule has 26 heavy (non-hydrogen) atoms. The summed E-state index contributed by atoms with van der Waals surface area (Å²) in [5.41, 5.74) is 2.33. The molecule has 5 heteroatoms. The first-order valence-corrected chi connectivity index (χ1v) is 8.43. The Morgan fingerprint density at radius 1 is 0.885 bits per heavy atom. The molecule has 0 saturated carbocycles. The van der Waals surface area contributed by atoms with Gasteiger partial charge < -0.3 is 9.47 Å². The number of aryl methyl sites for hydroxylation is 2. The van der Waals surface area contributed by atoms with Gasteiger partial charge in [-0.2, -0.15) is 0 Å². The van der Waals surface area contributed by atoms with Gasteiger partial charge in [-0.1, -0.05) is 41.4 Å². The van der Waals surface area contributed by atoms with Gasteiger partial charge in [0, 0.05) is 6.92 Å². The van der Waals surface area contributed by atoms with Crippen LogP contribution in [0.15, 0.2) is 48.5 Å². The molecule has 0 aliphatic carbocycles. The number of benzene rings is 3. The Bertz CT molecular complexity index is 1020. The largest absolute Gasteiger partial charge is 0.425 e. The van der Waals surface area contributed by atoms with E-state index in [1.807, 2.05) is 32.0 Å². The van der Waals surface area contributed by atoms with Gasteiger partial charge in [-0.15, -0.1) is 0 Å². The third-order valence-corrected chi connectivity index (χ3v) is 4.31. The molecule has 0 aliphatic heterocycles. The highest BCUT2D eigenvalue weighted by Gasteiger charge is 2.15. The van der Waals surface area contributed by atoms with Gasteiger partial charge in [0.05, 0.1) is 10.6 Å². The maximum atomic E-state index is 12.5. The van der Waals surface area contributed by atoms with Crippen LogP contribution in [0.4, 0.5) is 0 Å². The average Bonchev–Trinajstić information content (AvgIpc) is 2.58. The van der Waals surface area contributed by atoms with Crippen LogP contribution in [0.2, 0.25) is 5.02 Å². The van der Waals surface area contributed by atoms with Crippen LogP contribution in [0, 0.1) is 13.8 Å². The molecule has 3 rings (SSSR count). The summed E-state index contributed by atoms with van der Waals surface area (Å²) in [5.74, 6) is -0.320. The summed E-state index contributed by atoms with van der Waals surface area (Å²) >= 11 is 6.06. The lowest BCUT2D eigenvalue weighted by Crippen LogP contribution is -2.10. The van der Waals surface area contributed by atoms with Crippen molar-refractivity contribution in [1.29, 1.82) is 0 Å². The molecule has 0 atom stereocenters. The Balaban J connectivity index is 1.87. The van der Waals surface area contributed by atoms with Crippen molar-refractivity contribution in [1.82, 2.24) is 0 Å². The lowest BCUT2D eigenvalue weighted by molar-refractivity contribution is -0.131. The Kier molecular flexibility index (Phi) is 4.96. The van der Waals surface area contributed by atoms with Gasteiger partial charge in [-0.25, -0.2) is 4.79 Å². The third kappa shape index (κ3) is 3.70. The second-order valence-electron chi connectivity index (χ2n) is 6.04. The monoisotopic (exact) mass is 368 g/mol. The molecule has 0 aliphatic rings. The first-order valence-electron chi connectivity index (χ1n) is 8.05. The van der Waals surface area contributed by atoms with Crippen molar-refractivity contribution in [2.75, 3.05) is 0 Å². The van der Waals surface area contributed by atoms with Crippen molar-refractivity contribution >= 4 is 34.3 Å². The third-order valence-electron chi connectivity index (χ3n) is 4.02. The summed E-state index contributed by atoms with van der Waals surface area (Å²) in [7, 11) is 0. The van der Waals surface area contributed by atoms with E-state index in [1.54, 1.807) is 6.07 Å².